The Morgan fingerprint density at radius 3 is 2.60 bits per heavy atom. The highest BCUT2D eigenvalue weighted by molar-refractivity contribution is 6.01. The number of benzene rings is 3. The Bertz CT molecular complexity index is 1240. The summed E-state index contributed by atoms with van der Waals surface area (Å²) >= 11 is 0. The second-order valence-electron chi connectivity index (χ2n) is 7.58. The maximum absolute atomic E-state index is 13.1. The summed E-state index contributed by atoms with van der Waals surface area (Å²) in [6.07, 6.45) is 0.670. The molecule has 0 fully saturated rings. The van der Waals surface area contributed by atoms with Crippen LogP contribution in [-0.2, 0) is 11.2 Å². The third-order valence-corrected chi connectivity index (χ3v) is 5.59. The molecule has 30 heavy (non-hydrogen) atoms. The third kappa shape index (κ3) is 3.36. The van der Waals surface area contributed by atoms with Gasteiger partial charge in [-0.3, -0.25) is 4.79 Å². The van der Waals surface area contributed by atoms with Crippen molar-refractivity contribution in [3.63, 3.8) is 0 Å². The zero-order valence-electron chi connectivity index (χ0n) is 16.7. The number of Topliss-reactive ketones (excluding diaryl/α,β-unsaturated/α-hetero) is 1. The summed E-state index contributed by atoms with van der Waals surface area (Å²) in [5.41, 5.74) is 4.29. The summed E-state index contributed by atoms with van der Waals surface area (Å²) < 4.78 is 12.0. The Labute approximate surface area is 175 Å². The third-order valence-electron chi connectivity index (χ3n) is 5.59. The van der Waals surface area contributed by atoms with E-state index in [0.717, 1.165) is 27.7 Å². The number of ether oxygens (including phenoxy) is 2. The molecule has 1 aliphatic rings. The van der Waals surface area contributed by atoms with E-state index < -0.39 is 5.79 Å². The minimum Gasteiger partial charge on any atom is -0.461 e. The van der Waals surface area contributed by atoms with Gasteiger partial charge in [0.1, 0.15) is 5.75 Å². The molecule has 0 saturated carbocycles. The monoisotopic (exact) mass is 395 g/mol. The maximum atomic E-state index is 13.1. The molecule has 1 aromatic heterocycles. The summed E-state index contributed by atoms with van der Waals surface area (Å²) in [7, 11) is 1.59. The minimum absolute atomic E-state index is 0.0108. The van der Waals surface area contributed by atoms with Gasteiger partial charge in [0.15, 0.2) is 5.78 Å². The molecule has 0 radical (unpaired) electrons. The van der Waals surface area contributed by atoms with E-state index in [1.165, 1.54) is 0 Å². The van der Waals surface area contributed by atoms with Crippen LogP contribution in [0.4, 0.5) is 0 Å². The number of hydrogen-bond acceptors (Lipinski definition) is 4. The number of fused-ring (bicyclic) bond motifs is 2. The van der Waals surface area contributed by atoms with Gasteiger partial charge in [-0.2, -0.15) is 0 Å². The van der Waals surface area contributed by atoms with Gasteiger partial charge < -0.3 is 9.47 Å². The molecule has 0 spiro atoms. The Balaban J connectivity index is 1.49. The molecule has 0 bridgehead atoms. The Kier molecular flexibility index (Phi) is 4.57. The molecule has 0 N–H and O–H groups in total. The fraction of sp³-hybridized carbons (Fsp3) is 0.154. The second-order valence-corrected chi connectivity index (χ2v) is 7.58. The first-order chi connectivity index (χ1) is 14.7. The number of carbonyl (C=O) groups is 1. The molecule has 4 heteroatoms. The Morgan fingerprint density at radius 2 is 1.77 bits per heavy atom. The standard InChI is InChI=1S/C26H21NO3/c1-29-26(16-18-7-3-2-4-8-18)17-24(28)21-15-20(12-14-25(21)30-26)23-13-11-19-9-5-6-10-22(19)27-23/h2-15H,16-17H2,1H3. The SMILES string of the molecule is COC1(Cc2ccccc2)CC(=O)c2cc(-c3ccc4ccccc4n3)ccc2O1. The number of aromatic nitrogens is 1. The van der Waals surface area contributed by atoms with Crippen LogP contribution in [0.2, 0.25) is 0 Å². The van der Waals surface area contributed by atoms with Crippen molar-refractivity contribution >= 4 is 16.7 Å². The van der Waals surface area contributed by atoms with Crippen LogP contribution in [0.1, 0.15) is 22.3 Å². The van der Waals surface area contributed by atoms with E-state index in [4.69, 9.17) is 14.5 Å². The summed E-state index contributed by atoms with van der Waals surface area (Å²) in [5, 5.41) is 1.09. The summed E-state index contributed by atoms with van der Waals surface area (Å²) in [6, 6.07) is 27.6. The lowest BCUT2D eigenvalue weighted by atomic mass is 9.92. The van der Waals surface area contributed by atoms with E-state index in [1.807, 2.05) is 84.9 Å². The van der Waals surface area contributed by atoms with E-state index in [2.05, 4.69) is 0 Å². The number of hydrogen-bond donors (Lipinski definition) is 0. The highest BCUT2D eigenvalue weighted by Gasteiger charge is 2.41. The largest absolute Gasteiger partial charge is 0.461 e. The number of methoxy groups -OCH3 is 1. The molecule has 1 aliphatic heterocycles. The summed E-state index contributed by atoms with van der Waals surface area (Å²) in [5.74, 6) is -0.432. The molecule has 148 valence electrons. The highest BCUT2D eigenvalue weighted by Crippen LogP contribution is 2.38. The number of pyridine rings is 1. The lowest BCUT2D eigenvalue weighted by molar-refractivity contribution is -0.163. The van der Waals surface area contributed by atoms with Crippen LogP contribution in [-0.4, -0.2) is 23.7 Å². The van der Waals surface area contributed by atoms with Crippen molar-refractivity contribution in [2.75, 3.05) is 7.11 Å². The van der Waals surface area contributed by atoms with Crippen LogP contribution in [0.25, 0.3) is 22.2 Å². The zero-order chi connectivity index (χ0) is 20.6. The van der Waals surface area contributed by atoms with Crippen LogP contribution >= 0.6 is 0 Å². The predicted octanol–water partition coefficient (Wildman–Crippen LogP) is 5.45. The van der Waals surface area contributed by atoms with Gasteiger partial charge in [-0.15, -0.1) is 0 Å². The van der Waals surface area contributed by atoms with Crippen LogP contribution < -0.4 is 4.74 Å². The lowest BCUT2D eigenvalue weighted by Crippen LogP contribution is -2.45. The van der Waals surface area contributed by atoms with Crippen LogP contribution in [0.5, 0.6) is 5.75 Å². The van der Waals surface area contributed by atoms with Crippen molar-refractivity contribution in [1.29, 1.82) is 0 Å². The molecular formula is C26H21NO3. The molecule has 0 saturated heterocycles. The van der Waals surface area contributed by atoms with Gasteiger partial charge in [0, 0.05) is 24.5 Å². The van der Waals surface area contributed by atoms with Gasteiger partial charge in [-0.1, -0.05) is 54.6 Å². The molecule has 1 unspecified atom stereocenters. The van der Waals surface area contributed by atoms with Crippen LogP contribution in [0.15, 0.2) is 84.9 Å². The fourth-order valence-corrected chi connectivity index (χ4v) is 3.99. The molecule has 0 aliphatic carbocycles. The van der Waals surface area contributed by atoms with E-state index in [0.29, 0.717) is 17.7 Å². The van der Waals surface area contributed by atoms with Gasteiger partial charge >= 0.3 is 0 Å². The normalized spacial score (nSPS) is 18.1. The van der Waals surface area contributed by atoms with Crippen molar-refractivity contribution in [2.24, 2.45) is 0 Å². The molecule has 0 amide bonds. The average Bonchev–Trinajstić information content (AvgIpc) is 2.79. The molecule has 5 rings (SSSR count). The molecule has 2 heterocycles. The summed E-state index contributed by atoms with van der Waals surface area (Å²) in [4.78, 5) is 17.8. The van der Waals surface area contributed by atoms with E-state index in [9.17, 15) is 4.79 Å². The van der Waals surface area contributed by atoms with E-state index >= 15 is 0 Å². The molecule has 1 atom stereocenters. The predicted molar refractivity (Wildman–Crippen MR) is 117 cm³/mol. The highest BCUT2D eigenvalue weighted by atomic mass is 16.7. The van der Waals surface area contributed by atoms with Crippen molar-refractivity contribution < 1.29 is 14.3 Å². The molecule has 4 aromatic rings. The second kappa shape index (κ2) is 7.39. The molecule has 4 nitrogen and oxygen atoms in total. The van der Waals surface area contributed by atoms with Gasteiger partial charge in [-0.05, 0) is 35.9 Å². The van der Waals surface area contributed by atoms with Crippen LogP contribution in [0.3, 0.4) is 0 Å². The number of ketones is 1. The zero-order valence-corrected chi connectivity index (χ0v) is 16.7. The maximum Gasteiger partial charge on any atom is 0.221 e. The van der Waals surface area contributed by atoms with Gasteiger partial charge in [-0.25, -0.2) is 4.98 Å². The number of para-hydroxylation sites is 1. The topological polar surface area (TPSA) is 48.4 Å². The molecular weight excluding hydrogens is 374 g/mol. The Morgan fingerprint density at radius 1 is 0.967 bits per heavy atom. The first-order valence-corrected chi connectivity index (χ1v) is 9.97. The Hall–Kier alpha value is -3.50. The van der Waals surface area contributed by atoms with E-state index in [1.54, 1.807) is 7.11 Å². The molecule has 3 aromatic carbocycles. The fourth-order valence-electron chi connectivity index (χ4n) is 3.99. The first kappa shape index (κ1) is 18.5. The number of rotatable bonds is 4. The summed E-state index contributed by atoms with van der Waals surface area (Å²) in [6.45, 7) is 0. The lowest BCUT2D eigenvalue weighted by Gasteiger charge is -2.36. The van der Waals surface area contributed by atoms with Gasteiger partial charge in [0.05, 0.1) is 23.2 Å². The van der Waals surface area contributed by atoms with Gasteiger partial charge in [0.2, 0.25) is 5.79 Å². The van der Waals surface area contributed by atoms with Crippen molar-refractivity contribution in [3.8, 4) is 17.0 Å². The number of nitrogens with zero attached hydrogens (tertiary/aromatic N) is 1. The van der Waals surface area contributed by atoms with Crippen molar-refractivity contribution in [1.82, 2.24) is 4.98 Å². The number of carbonyl (C=O) groups excluding carboxylic acids is 1. The smallest absolute Gasteiger partial charge is 0.221 e. The minimum atomic E-state index is -0.992. The average molecular weight is 395 g/mol. The van der Waals surface area contributed by atoms with Crippen LogP contribution in [0, 0.1) is 0 Å². The van der Waals surface area contributed by atoms with Crippen molar-refractivity contribution in [3.05, 3.63) is 96.1 Å². The first-order valence-electron chi connectivity index (χ1n) is 9.97. The van der Waals surface area contributed by atoms with E-state index in [-0.39, 0.29) is 12.2 Å². The van der Waals surface area contributed by atoms with Crippen molar-refractivity contribution in [2.45, 2.75) is 18.6 Å². The van der Waals surface area contributed by atoms with Gasteiger partial charge in [0.25, 0.3) is 0 Å². The quantitative estimate of drug-likeness (QED) is 0.461.